The first kappa shape index (κ1) is 15.1. The minimum absolute atomic E-state index is 0.170. The van der Waals surface area contributed by atoms with Crippen LogP contribution < -0.4 is 11.1 Å². The fraction of sp³-hybridized carbons (Fsp3) is 0. The van der Waals surface area contributed by atoms with E-state index in [1.807, 2.05) is 0 Å². The van der Waals surface area contributed by atoms with E-state index in [2.05, 4.69) is 5.32 Å². The van der Waals surface area contributed by atoms with E-state index in [-0.39, 0.29) is 32.7 Å². The topological polar surface area (TPSA) is 98.3 Å². The van der Waals surface area contributed by atoms with Crippen molar-refractivity contribution in [3.8, 4) is 0 Å². The van der Waals surface area contributed by atoms with Gasteiger partial charge in [0, 0.05) is 11.8 Å². The molecule has 0 aliphatic heterocycles. The zero-order valence-corrected chi connectivity index (χ0v) is 12.0. The van der Waals surface area contributed by atoms with E-state index in [9.17, 15) is 14.9 Å². The van der Waals surface area contributed by atoms with Crippen LogP contribution in [0.5, 0.6) is 0 Å². The van der Waals surface area contributed by atoms with Crippen molar-refractivity contribution in [2.24, 2.45) is 0 Å². The molecule has 8 heteroatoms. The summed E-state index contributed by atoms with van der Waals surface area (Å²) in [6, 6.07) is 8.42. The zero-order chi connectivity index (χ0) is 15.6. The summed E-state index contributed by atoms with van der Waals surface area (Å²) >= 11 is 11.9. The maximum Gasteiger partial charge on any atom is 0.282 e. The van der Waals surface area contributed by atoms with Crippen molar-refractivity contribution >= 4 is 46.2 Å². The summed E-state index contributed by atoms with van der Waals surface area (Å²) in [5.74, 6) is -0.719. The Kier molecular flexibility index (Phi) is 4.30. The number of nitrogens with one attached hydrogen (secondary N) is 1. The number of amides is 1. The minimum atomic E-state index is -0.719. The Morgan fingerprint density at radius 2 is 1.81 bits per heavy atom. The summed E-state index contributed by atoms with van der Waals surface area (Å²) in [4.78, 5) is 22.5. The lowest BCUT2D eigenvalue weighted by atomic mass is 10.1. The minimum Gasteiger partial charge on any atom is -0.399 e. The third-order valence-corrected chi connectivity index (χ3v) is 3.29. The van der Waals surface area contributed by atoms with Gasteiger partial charge in [-0.15, -0.1) is 0 Å². The van der Waals surface area contributed by atoms with Crippen LogP contribution in [0.1, 0.15) is 10.4 Å². The van der Waals surface area contributed by atoms with Gasteiger partial charge in [0.1, 0.15) is 5.56 Å². The number of halogens is 2. The summed E-state index contributed by atoms with van der Waals surface area (Å²) in [6.45, 7) is 0. The summed E-state index contributed by atoms with van der Waals surface area (Å²) in [6.07, 6.45) is 0. The van der Waals surface area contributed by atoms with Gasteiger partial charge in [-0.25, -0.2) is 0 Å². The highest BCUT2D eigenvalue weighted by atomic mass is 35.5. The van der Waals surface area contributed by atoms with E-state index in [1.54, 1.807) is 6.07 Å². The monoisotopic (exact) mass is 325 g/mol. The first-order chi connectivity index (χ1) is 9.90. The summed E-state index contributed by atoms with van der Waals surface area (Å²) < 4.78 is 0. The van der Waals surface area contributed by atoms with Crippen molar-refractivity contribution in [1.29, 1.82) is 0 Å². The van der Waals surface area contributed by atoms with Crippen LogP contribution in [-0.2, 0) is 0 Å². The van der Waals surface area contributed by atoms with Crippen LogP contribution >= 0.6 is 23.2 Å². The Morgan fingerprint density at radius 1 is 1.19 bits per heavy atom. The molecule has 0 bridgehead atoms. The van der Waals surface area contributed by atoms with Crippen LogP contribution in [0.2, 0.25) is 10.0 Å². The normalized spacial score (nSPS) is 10.2. The highest BCUT2D eigenvalue weighted by Crippen LogP contribution is 2.31. The molecule has 0 aliphatic carbocycles. The number of nitro benzene ring substituents is 1. The number of carbonyl (C=O) groups is 1. The first-order valence-electron chi connectivity index (χ1n) is 5.69. The van der Waals surface area contributed by atoms with Crippen molar-refractivity contribution in [1.82, 2.24) is 0 Å². The van der Waals surface area contributed by atoms with E-state index < -0.39 is 10.8 Å². The summed E-state index contributed by atoms with van der Waals surface area (Å²) in [5, 5.41) is 13.9. The average molecular weight is 326 g/mol. The second-order valence-electron chi connectivity index (χ2n) is 4.08. The van der Waals surface area contributed by atoms with Gasteiger partial charge in [-0.05, 0) is 24.3 Å². The Bertz CT molecular complexity index is 714. The molecule has 2 aromatic rings. The molecule has 1 amide bonds. The van der Waals surface area contributed by atoms with Crippen molar-refractivity contribution < 1.29 is 9.72 Å². The van der Waals surface area contributed by atoms with Crippen LogP contribution in [0.4, 0.5) is 17.1 Å². The molecule has 0 heterocycles. The predicted octanol–water partition coefficient (Wildman–Crippen LogP) is 3.74. The van der Waals surface area contributed by atoms with Gasteiger partial charge < -0.3 is 11.1 Å². The van der Waals surface area contributed by atoms with Gasteiger partial charge in [-0.2, -0.15) is 0 Å². The maximum absolute atomic E-state index is 12.2. The number of nitrogens with two attached hydrogens (primary N) is 1. The molecular formula is C13H9Cl2N3O3. The molecule has 108 valence electrons. The third kappa shape index (κ3) is 3.24. The second kappa shape index (κ2) is 5.99. The van der Waals surface area contributed by atoms with Crippen molar-refractivity contribution in [2.75, 3.05) is 11.1 Å². The molecule has 2 aromatic carbocycles. The summed E-state index contributed by atoms with van der Waals surface area (Å²) in [5.41, 5.74) is 5.45. The Balaban J connectivity index is 2.41. The molecule has 6 nitrogen and oxygen atoms in total. The van der Waals surface area contributed by atoms with E-state index in [1.165, 1.54) is 30.3 Å². The van der Waals surface area contributed by atoms with Gasteiger partial charge in [0.25, 0.3) is 11.6 Å². The van der Waals surface area contributed by atoms with Gasteiger partial charge in [-0.3, -0.25) is 14.9 Å². The second-order valence-corrected chi connectivity index (χ2v) is 4.90. The third-order valence-electron chi connectivity index (χ3n) is 2.66. The number of hydrogen-bond acceptors (Lipinski definition) is 4. The molecule has 0 fully saturated rings. The molecule has 2 rings (SSSR count). The Labute approximate surface area is 129 Å². The van der Waals surface area contributed by atoms with Crippen LogP contribution in [0.3, 0.4) is 0 Å². The van der Waals surface area contributed by atoms with E-state index in [0.717, 1.165) is 0 Å². The fourth-order valence-corrected chi connectivity index (χ4v) is 2.18. The number of rotatable bonds is 3. The Morgan fingerprint density at radius 3 is 2.38 bits per heavy atom. The number of carbonyl (C=O) groups excluding carboxylic acids is 1. The van der Waals surface area contributed by atoms with Gasteiger partial charge in [0.2, 0.25) is 0 Å². The van der Waals surface area contributed by atoms with Crippen LogP contribution in [0.15, 0.2) is 36.4 Å². The lowest BCUT2D eigenvalue weighted by molar-refractivity contribution is -0.385. The standard InChI is InChI=1S/C13H9Cl2N3O3/c14-9-2-1-3-10(15)12(9)17-13(19)8-6-7(16)4-5-11(8)18(20)21/h1-6H,16H2,(H,17,19). The number of nitro groups is 1. The number of para-hydroxylation sites is 1. The van der Waals surface area contributed by atoms with Crippen LogP contribution in [0, 0.1) is 10.1 Å². The van der Waals surface area contributed by atoms with Gasteiger partial charge in [0.15, 0.2) is 0 Å². The molecule has 0 saturated heterocycles. The molecule has 21 heavy (non-hydrogen) atoms. The SMILES string of the molecule is Nc1ccc([N+](=O)[O-])c(C(=O)Nc2c(Cl)cccc2Cl)c1. The number of nitrogen functional groups attached to an aromatic ring is 1. The van der Waals surface area contributed by atoms with Gasteiger partial charge in [-0.1, -0.05) is 29.3 Å². The number of nitrogens with zero attached hydrogens (tertiary/aromatic N) is 1. The molecule has 0 aromatic heterocycles. The molecule has 0 unspecified atom stereocenters. The highest BCUT2D eigenvalue weighted by molar-refractivity contribution is 6.40. The van der Waals surface area contributed by atoms with Gasteiger partial charge >= 0.3 is 0 Å². The van der Waals surface area contributed by atoms with E-state index in [0.29, 0.717) is 0 Å². The molecule has 0 aliphatic rings. The first-order valence-corrected chi connectivity index (χ1v) is 6.45. The number of hydrogen-bond donors (Lipinski definition) is 2. The smallest absolute Gasteiger partial charge is 0.282 e. The van der Waals surface area contributed by atoms with Crippen LogP contribution in [-0.4, -0.2) is 10.8 Å². The van der Waals surface area contributed by atoms with Crippen molar-refractivity contribution in [3.05, 3.63) is 62.1 Å². The highest BCUT2D eigenvalue weighted by Gasteiger charge is 2.21. The molecule has 0 saturated carbocycles. The molecule has 0 atom stereocenters. The lowest BCUT2D eigenvalue weighted by Crippen LogP contribution is -2.15. The largest absolute Gasteiger partial charge is 0.399 e. The number of anilines is 2. The lowest BCUT2D eigenvalue weighted by Gasteiger charge is -2.09. The van der Waals surface area contributed by atoms with Gasteiger partial charge in [0.05, 0.1) is 20.7 Å². The average Bonchev–Trinajstić information content (AvgIpc) is 2.42. The quantitative estimate of drug-likeness (QED) is 0.510. The molecule has 0 spiro atoms. The molecule has 3 N–H and O–H groups in total. The fourth-order valence-electron chi connectivity index (χ4n) is 1.69. The Hall–Kier alpha value is -2.31. The number of benzene rings is 2. The van der Waals surface area contributed by atoms with Crippen molar-refractivity contribution in [2.45, 2.75) is 0 Å². The predicted molar refractivity (Wildman–Crippen MR) is 81.9 cm³/mol. The van der Waals surface area contributed by atoms with Crippen LogP contribution in [0.25, 0.3) is 0 Å². The van der Waals surface area contributed by atoms with Crippen molar-refractivity contribution in [3.63, 3.8) is 0 Å². The summed E-state index contributed by atoms with van der Waals surface area (Å²) in [7, 11) is 0. The molecular weight excluding hydrogens is 317 g/mol. The zero-order valence-electron chi connectivity index (χ0n) is 10.5. The molecule has 0 radical (unpaired) electrons. The van der Waals surface area contributed by atoms with E-state index >= 15 is 0 Å². The maximum atomic E-state index is 12.2. The van der Waals surface area contributed by atoms with E-state index in [4.69, 9.17) is 28.9 Å².